The molecule has 1 amide bonds. The Balaban J connectivity index is 1.15. The number of furan rings is 1. The van der Waals surface area contributed by atoms with Gasteiger partial charge in [-0.3, -0.25) is 9.36 Å². The first-order chi connectivity index (χ1) is 19.5. The molecule has 0 saturated carbocycles. The normalized spacial score (nSPS) is 13.7. The zero-order valence-electron chi connectivity index (χ0n) is 21.5. The number of benzene rings is 2. The summed E-state index contributed by atoms with van der Waals surface area (Å²) in [5, 5.41) is 13.1. The quantitative estimate of drug-likeness (QED) is 0.186. The smallest absolute Gasteiger partial charge is 0.273 e. The molecule has 8 nitrogen and oxygen atoms in total. The van der Waals surface area contributed by atoms with E-state index >= 15 is 0 Å². The maximum absolute atomic E-state index is 13.2. The number of piperazine rings is 1. The van der Waals surface area contributed by atoms with E-state index in [-0.39, 0.29) is 5.91 Å². The van der Waals surface area contributed by atoms with Crippen molar-refractivity contribution >= 4 is 57.9 Å². The zero-order chi connectivity index (χ0) is 27.6. The van der Waals surface area contributed by atoms with E-state index in [1.807, 2.05) is 27.0 Å². The van der Waals surface area contributed by atoms with E-state index in [4.69, 9.17) is 27.6 Å². The molecule has 12 heteroatoms. The van der Waals surface area contributed by atoms with Gasteiger partial charge in [-0.25, -0.2) is 4.98 Å². The van der Waals surface area contributed by atoms with Crippen molar-refractivity contribution in [2.24, 2.45) is 0 Å². The van der Waals surface area contributed by atoms with Crippen molar-refractivity contribution in [3.8, 4) is 17.3 Å². The fourth-order valence-corrected chi connectivity index (χ4v) is 6.73. The second-order valence-electron chi connectivity index (χ2n) is 9.20. The van der Waals surface area contributed by atoms with Crippen LogP contribution in [0.4, 0.5) is 5.69 Å². The van der Waals surface area contributed by atoms with Crippen LogP contribution < -0.4 is 4.90 Å². The van der Waals surface area contributed by atoms with Gasteiger partial charge in [0.15, 0.2) is 10.9 Å². The van der Waals surface area contributed by atoms with Gasteiger partial charge in [-0.15, -0.1) is 21.5 Å². The average Bonchev–Trinajstić information content (AvgIpc) is 3.74. The van der Waals surface area contributed by atoms with Crippen molar-refractivity contribution < 1.29 is 9.21 Å². The largest absolute Gasteiger partial charge is 0.461 e. The lowest BCUT2D eigenvalue weighted by Gasteiger charge is -2.36. The van der Waals surface area contributed by atoms with Gasteiger partial charge < -0.3 is 14.2 Å². The Hall–Kier alpha value is -3.31. The molecule has 3 aromatic heterocycles. The fourth-order valence-electron chi connectivity index (χ4n) is 4.64. The Morgan fingerprint density at radius 2 is 1.85 bits per heavy atom. The molecule has 1 aliphatic rings. The number of amides is 1. The third kappa shape index (κ3) is 5.49. The number of thioether (sulfide) groups is 1. The van der Waals surface area contributed by atoms with Gasteiger partial charge in [0, 0.05) is 42.3 Å². The van der Waals surface area contributed by atoms with E-state index in [1.165, 1.54) is 34.3 Å². The number of halogens is 2. The molecule has 0 atom stereocenters. The summed E-state index contributed by atoms with van der Waals surface area (Å²) >= 11 is 15.7. The van der Waals surface area contributed by atoms with Crippen LogP contribution in [0.1, 0.15) is 21.1 Å². The standard InChI is InChI=1S/C28H24Cl2N6O2S2/c1-18-5-2-3-6-22(18)34-10-12-35(13-11-34)27(37)21-16-39-25(31-21)17-40-28-33-32-26(24-7-4-14-38-24)36(28)23-15-19(29)8-9-20(23)30/h2-9,14-16H,10-13,17H2,1H3. The van der Waals surface area contributed by atoms with E-state index in [0.717, 1.165) is 18.1 Å². The molecular weight excluding hydrogens is 587 g/mol. The van der Waals surface area contributed by atoms with Gasteiger partial charge >= 0.3 is 0 Å². The van der Waals surface area contributed by atoms with E-state index in [1.54, 1.807) is 30.5 Å². The molecule has 1 aliphatic heterocycles. The number of hydrogen-bond donors (Lipinski definition) is 0. The van der Waals surface area contributed by atoms with Gasteiger partial charge in [-0.2, -0.15) is 0 Å². The van der Waals surface area contributed by atoms with Gasteiger partial charge in [-0.05, 0) is 48.9 Å². The van der Waals surface area contributed by atoms with Crippen molar-refractivity contribution in [2.75, 3.05) is 31.1 Å². The van der Waals surface area contributed by atoms with Gasteiger partial charge in [-0.1, -0.05) is 53.2 Å². The first-order valence-electron chi connectivity index (χ1n) is 12.6. The minimum Gasteiger partial charge on any atom is -0.461 e. The minimum atomic E-state index is -0.0362. The Morgan fingerprint density at radius 1 is 1.02 bits per heavy atom. The third-order valence-electron chi connectivity index (χ3n) is 6.64. The van der Waals surface area contributed by atoms with Crippen LogP contribution in [0.5, 0.6) is 0 Å². The summed E-state index contributed by atoms with van der Waals surface area (Å²) in [6.07, 6.45) is 1.58. The van der Waals surface area contributed by atoms with Crippen molar-refractivity contribution in [2.45, 2.75) is 17.8 Å². The molecule has 0 bridgehead atoms. The summed E-state index contributed by atoms with van der Waals surface area (Å²) in [5.74, 6) is 1.54. The molecule has 0 spiro atoms. The van der Waals surface area contributed by atoms with Crippen LogP contribution in [0.25, 0.3) is 17.3 Å². The second-order valence-corrected chi connectivity index (χ2v) is 11.9. The highest BCUT2D eigenvalue weighted by atomic mass is 35.5. The van der Waals surface area contributed by atoms with Crippen LogP contribution in [0, 0.1) is 6.92 Å². The number of aryl methyl sites for hydroxylation is 1. The van der Waals surface area contributed by atoms with E-state index in [0.29, 0.717) is 57.0 Å². The summed E-state index contributed by atoms with van der Waals surface area (Å²) in [5.41, 5.74) is 3.59. The summed E-state index contributed by atoms with van der Waals surface area (Å²) in [4.78, 5) is 22.1. The van der Waals surface area contributed by atoms with Crippen molar-refractivity contribution in [3.05, 3.63) is 92.6 Å². The SMILES string of the molecule is Cc1ccccc1N1CCN(C(=O)c2csc(CSc3nnc(-c4ccco4)n3-c3cc(Cl)ccc3Cl)n2)CC1. The highest BCUT2D eigenvalue weighted by Gasteiger charge is 2.25. The van der Waals surface area contributed by atoms with Crippen LogP contribution in [-0.2, 0) is 5.75 Å². The number of rotatable bonds is 7. The van der Waals surface area contributed by atoms with Crippen LogP contribution in [0.15, 0.2) is 75.8 Å². The lowest BCUT2D eigenvalue weighted by molar-refractivity contribution is 0.0741. The molecule has 40 heavy (non-hydrogen) atoms. The molecule has 1 saturated heterocycles. The molecule has 2 aromatic carbocycles. The Kier molecular flexibility index (Phi) is 7.84. The fraction of sp³-hybridized carbons (Fsp3) is 0.214. The summed E-state index contributed by atoms with van der Waals surface area (Å²) in [6, 6.07) is 17.2. The number of anilines is 1. The summed E-state index contributed by atoms with van der Waals surface area (Å²) in [7, 11) is 0. The first-order valence-corrected chi connectivity index (χ1v) is 15.2. The van der Waals surface area contributed by atoms with Crippen LogP contribution in [0.3, 0.4) is 0 Å². The molecule has 0 radical (unpaired) electrons. The summed E-state index contributed by atoms with van der Waals surface area (Å²) in [6.45, 7) is 5.03. The Bertz CT molecular complexity index is 1640. The van der Waals surface area contributed by atoms with E-state index in [9.17, 15) is 4.79 Å². The number of carbonyl (C=O) groups excluding carboxylic acids is 1. The molecule has 0 N–H and O–H groups in total. The summed E-state index contributed by atoms with van der Waals surface area (Å²) < 4.78 is 7.41. The van der Waals surface area contributed by atoms with Crippen LogP contribution in [0.2, 0.25) is 10.0 Å². The lowest BCUT2D eigenvalue weighted by atomic mass is 10.1. The number of nitrogens with zero attached hydrogens (tertiary/aromatic N) is 6. The third-order valence-corrected chi connectivity index (χ3v) is 9.17. The molecule has 6 rings (SSSR count). The van der Waals surface area contributed by atoms with Crippen molar-refractivity contribution in [3.63, 3.8) is 0 Å². The number of hydrogen-bond acceptors (Lipinski definition) is 8. The monoisotopic (exact) mass is 610 g/mol. The maximum Gasteiger partial charge on any atom is 0.273 e. The number of para-hydroxylation sites is 1. The lowest BCUT2D eigenvalue weighted by Crippen LogP contribution is -2.49. The van der Waals surface area contributed by atoms with Gasteiger partial charge in [0.1, 0.15) is 10.7 Å². The highest BCUT2D eigenvalue weighted by molar-refractivity contribution is 7.98. The predicted molar refractivity (Wildman–Crippen MR) is 160 cm³/mol. The van der Waals surface area contributed by atoms with Crippen LogP contribution in [-0.4, -0.2) is 56.7 Å². The molecule has 0 unspecified atom stereocenters. The Labute approximate surface area is 249 Å². The molecule has 4 heterocycles. The molecule has 0 aliphatic carbocycles. The predicted octanol–water partition coefficient (Wildman–Crippen LogP) is 6.85. The van der Waals surface area contributed by atoms with Gasteiger partial charge in [0.05, 0.1) is 22.7 Å². The van der Waals surface area contributed by atoms with Crippen LogP contribution >= 0.6 is 46.3 Å². The second kappa shape index (κ2) is 11.7. The number of carbonyl (C=O) groups is 1. The molecule has 5 aromatic rings. The minimum absolute atomic E-state index is 0.0362. The van der Waals surface area contributed by atoms with E-state index in [2.05, 4.69) is 45.2 Å². The average molecular weight is 612 g/mol. The zero-order valence-corrected chi connectivity index (χ0v) is 24.6. The molecule has 1 fully saturated rings. The number of aromatic nitrogens is 4. The highest BCUT2D eigenvalue weighted by Crippen LogP contribution is 2.34. The number of thiazole rings is 1. The molecular formula is C28H24Cl2N6O2S2. The Morgan fingerprint density at radius 3 is 2.62 bits per heavy atom. The topological polar surface area (TPSA) is 80.3 Å². The van der Waals surface area contributed by atoms with Gasteiger partial charge in [0.2, 0.25) is 5.82 Å². The van der Waals surface area contributed by atoms with Gasteiger partial charge in [0.25, 0.3) is 5.91 Å². The first kappa shape index (κ1) is 26.9. The van der Waals surface area contributed by atoms with E-state index < -0.39 is 0 Å². The maximum atomic E-state index is 13.2. The van der Waals surface area contributed by atoms with Crippen molar-refractivity contribution in [1.29, 1.82) is 0 Å². The van der Waals surface area contributed by atoms with Crippen molar-refractivity contribution in [1.82, 2.24) is 24.6 Å². The molecule has 204 valence electrons.